The molecule has 30 heavy (non-hydrogen) atoms. The molecule has 1 aliphatic heterocycles. The molecule has 1 saturated heterocycles. The number of aromatic nitrogens is 4. The van der Waals surface area contributed by atoms with E-state index < -0.39 is 0 Å². The summed E-state index contributed by atoms with van der Waals surface area (Å²) in [7, 11) is 0. The summed E-state index contributed by atoms with van der Waals surface area (Å²) in [6, 6.07) is 8.74. The molecule has 0 radical (unpaired) electrons. The quantitative estimate of drug-likeness (QED) is 0.670. The Bertz CT molecular complexity index is 1070. The molecule has 8 nitrogen and oxygen atoms in total. The van der Waals surface area contributed by atoms with E-state index in [4.69, 9.17) is 5.73 Å². The van der Waals surface area contributed by atoms with Crippen molar-refractivity contribution in [2.24, 2.45) is 0 Å². The summed E-state index contributed by atoms with van der Waals surface area (Å²) in [4.78, 5) is 23.7. The molecule has 0 unspecified atom stereocenters. The number of amides is 1. The van der Waals surface area contributed by atoms with Crippen LogP contribution in [0.15, 0.2) is 24.3 Å². The lowest BCUT2D eigenvalue weighted by Gasteiger charge is -2.32. The topological polar surface area (TPSA) is 101 Å². The summed E-state index contributed by atoms with van der Waals surface area (Å²) in [6.07, 6.45) is 2.21. The number of nitrogen functional groups attached to an aromatic ring is 1. The molecule has 2 aromatic heterocycles. The average molecular weight is 408 g/mol. The molecule has 3 aromatic rings. The van der Waals surface area contributed by atoms with Crippen LogP contribution in [0.25, 0.3) is 5.78 Å². The van der Waals surface area contributed by atoms with Crippen LogP contribution >= 0.6 is 0 Å². The Morgan fingerprint density at radius 2 is 1.90 bits per heavy atom. The third-order valence-corrected chi connectivity index (χ3v) is 6.01. The van der Waals surface area contributed by atoms with Gasteiger partial charge in [-0.25, -0.2) is 4.98 Å². The van der Waals surface area contributed by atoms with Gasteiger partial charge in [-0.1, -0.05) is 24.3 Å². The first-order valence-electron chi connectivity index (χ1n) is 10.4. The van der Waals surface area contributed by atoms with Crippen LogP contribution < -0.4 is 11.1 Å². The molecule has 3 N–H and O–H groups in total. The van der Waals surface area contributed by atoms with Gasteiger partial charge >= 0.3 is 0 Å². The Morgan fingerprint density at radius 3 is 2.63 bits per heavy atom. The lowest BCUT2D eigenvalue weighted by atomic mass is 10.0. The van der Waals surface area contributed by atoms with Crippen molar-refractivity contribution in [3.63, 3.8) is 0 Å². The number of nitrogens with zero attached hydrogens (tertiary/aromatic N) is 5. The minimum Gasteiger partial charge on any atom is -0.366 e. The van der Waals surface area contributed by atoms with Gasteiger partial charge in [0.2, 0.25) is 11.9 Å². The second kappa shape index (κ2) is 8.39. The minimum absolute atomic E-state index is 0.0211. The number of carbonyl (C=O) groups is 1. The Balaban J connectivity index is 1.33. The number of hydrogen-bond donors (Lipinski definition) is 2. The Hall–Kier alpha value is -3.00. The smallest absolute Gasteiger partial charge is 0.254 e. The van der Waals surface area contributed by atoms with Gasteiger partial charge in [0.05, 0.1) is 6.42 Å². The van der Waals surface area contributed by atoms with Crippen LogP contribution in [0.1, 0.15) is 40.9 Å². The van der Waals surface area contributed by atoms with E-state index in [0.717, 1.165) is 49.4 Å². The maximum atomic E-state index is 12.7. The predicted octanol–water partition coefficient (Wildman–Crippen LogP) is 1.96. The summed E-state index contributed by atoms with van der Waals surface area (Å²) in [5.41, 5.74) is 10.9. The highest BCUT2D eigenvalue weighted by Crippen LogP contribution is 2.18. The van der Waals surface area contributed by atoms with Crippen LogP contribution in [0.2, 0.25) is 0 Å². The Morgan fingerprint density at radius 1 is 1.17 bits per heavy atom. The zero-order valence-corrected chi connectivity index (χ0v) is 17.9. The van der Waals surface area contributed by atoms with Gasteiger partial charge in [-0.15, -0.1) is 5.10 Å². The summed E-state index contributed by atoms with van der Waals surface area (Å²) in [5, 5.41) is 7.38. The number of nitrogens with two attached hydrogens (primary N) is 1. The third kappa shape index (κ3) is 4.28. The van der Waals surface area contributed by atoms with Gasteiger partial charge in [0.15, 0.2) is 0 Å². The highest BCUT2D eigenvalue weighted by molar-refractivity contribution is 5.79. The van der Waals surface area contributed by atoms with Gasteiger partial charge in [-0.2, -0.15) is 9.50 Å². The Labute approximate surface area is 176 Å². The van der Waals surface area contributed by atoms with Gasteiger partial charge in [-0.3, -0.25) is 9.69 Å². The van der Waals surface area contributed by atoms with Crippen molar-refractivity contribution in [2.45, 2.75) is 52.6 Å². The molecule has 0 aliphatic carbocycles. The van der Waals surface area contributed by atoms with Crippen molar-refractivity contribution in [1.29, 1.82) is 0 Å². The van der Waals surface area contributed by atoms with Crippen molar-refractivity contribution in [3.8, 4) is 0 Å². The fraction of sp³-hybridized carbons (Fsp3) is 0.455. The van der Waals surface area contributed by atoms with Crippen molar-refractivity contribution in [1.82, 2.24) is 29.8 Å². The van der Waals surface area contributed by atoms with Crippen LogP contribution in [-0.4, -0.2) is 49.5 Å². The third-order valence-electron chi connectivity index (χ3n) is 6.01. The number of carbonyl (C=O) groups excluding carboxylic acids is 1. The Kier molecular flexibility index (Phi) is 5.67. The molecule has 0 saturated carbocycles. The first kappa shape index (κ1) is 20.3. The zero-order valence-electron chi connectivity index (χ0n) is 17.9. The van der Waals surface area contributed by atoms with E-state index in [2.05, 4.69) is 56.5 Å². The van der Waals surface area contributed by atoms with Gasteiger partial charge in [0.25, 0.3) is 5.78 Å². The second-order valence-corrected chi connectivity index (χ2v) is 8.16. The van der Waals surface area contributed by atoms with Gasteiger partial charge in [-0.05, 0) is 44.7 Å². The molecule has 1 amide bonds. The van der Waals surface area contributed by atoms with Crippen molar-refractivity contribution >= 4 is 17.6 Å². The van der Waals surface area contributed by atoms with Crippen molar-refractivity contribution in [3.05, 3.63) is 52.3 Å². The van der Waals surface area contributed by atoms with E-state index in [0.29, 0.717) is 5.78 Å². The monoisotopic (exact) mass is 407 g/mol. The molecule has 0 spiro atoms. The molecular weight excluding hydrogens is 378 g/mol. The molecular formula is C22H29N7O. The number of aryl methyl sites for hydroxylation is 3. The fourth-order valence-corrected chi connectivity index (χ4v) is 4.18. The predicted molar refractivity (Wildman–Crippen MR) is 116 cm³/mol. The lowest BCUT2D eigenvalue weighted by molar-refractivity contribution is -0.121. The van der Waals surface area contributed by atoms with Crippen LogP contribution in [0, 0.1) is 20.8 Å². The number of anilines is 1. The summed E-state index contributed by atoms with van der Waals surface area (Å²) >= 11 is 0. The summed E-state index contributed by atoms with van der Waals surface area (Å²) < 4.78 is 1.61. The highest BCUT2D eigenvalue weighted by atomic mass is 16.1. The number of likely N-dealkylation sites (tertiary alicyclic amines) is 1. The SMILES string of the molecule is Cc1ccccc1CN1CCC(NC(=O)Cc2c(C)nc3nc(N)nn3c2C)CC1. The summed E-state index contributed by atoms with van der Waals surface area (Å²) in [5.74, 6) is 0.671. The first-order valence-corrected chi connectivity index (χ1v) is 10.4. The normalized spacial score (nSPS) is 15.6. The van der Waals surface area contributed by atoms with E-state index in [1.807, 2.05) is 13.8 Å². The highest BCUT2D eigenvalue weighted by Gasteiger charge is 2.22. The minimum atomic E-state index is 0.0211. The van der Waals surface area contributed by atoms with E-state index in [-0.39, 0.29) is 24.3 Å². The van der Waals surface area contributed by atoms with Gasteiger partial charge < -0.3 is 11.1 Å². The maximum absolute atomic E-state index is 12.7. The number of benzene rings is 1. The standard InChI is InChI=1S/C22H29N7O/c1-14-6-4-5-7-17(14)13-28-10-8-18(9-11-28)25-20(30)12-19-15(2)24-22-26-21(23)27-29(22)16(19)3/h4-7,18H,8-13H2,1-3H3,(H2,23,27)(H,25,30). The number of fused-ring (bicyclic) bond motifs is 1. The molecule has 1 aromatic carbocycles. The number of nitrogens with one attached hydrogen (secondary N) is 1. The largest absolute Gasteiger partial charge is 0.366 e. The molecule has 1 aliphatic rings. The van der Waals surface area contributed by atoms with E-state index in [9.17, 15) is 4.79 Å². The van der Waals surface area contributed by atoms with E-state index in [1.165, 1.54) is 11.1 Å². The molecule has 3 heterocycles. The zero-order chi connectivity index (χ0) is 21.3. The molecule has 8 heteroatoms. The van der Waals surface area contributed by atoms with Crippen LogP contribution in [-0.2, 0) is 17.8 Å². The number of rotatable bonds is 5. The van der Waals surface area contributed by atoms with Crippen LogP contribution in [0.5, 0.6) is 0 Å². The first-order chi connectivity index (χ1) is 14.4. The van der Waals surface area contributed by atoms with Crippen LogP contribution in [0.3, 0.4) is 0 Å². The molecule has 158 valence electrons. The number of hydrogen-bond acceptors (Lipinski definition) is 6. The van der Waals surface area contributed by atoms with Crippen molar-refractivity contribution in [2.75, 3.05) is 18.8 Å². The maximum Gasteiger partial charge on any atom is 0.254 e. The molecule has 4 rings (SSSR count). The molecule has 0 atom stereocenters. The van der Waals surface area contributed by atoms with Gasteiger partial charge in [0, 0.05) is 42.6 Å². The van der Waals surface area contributed by atoms with Crippen molar-refractivity contribution < 1.29 is 4.79 Å². The molecule has 0 bridgehead atoms. The van der Waals surface area contributed by atoms with E-state index >= 15 is 0 Å². The fourth-order valence-electron chi connectivity index (χ4n) is 4.18. The molecule has 1 fully saturated rings. The van der Waals surface area contributed by atoms with Crippen LogP contribution in [0.4, 0.5) is 5.95 Å². The van der Waals surface area contributed by atoms with E-state index in [1.54, 1.807) is 4.52 Å². The summed E-state index contributed by atoms with van der Waals surface area (Å²) in [6.45, 7) is 8.92. The second-order valence-electron chi connectivity index (χ2n) is 8.16. The van der Waals surface area contributed by atoms with Gasteiger partial charge in [0.1, 0.15) is 0 Å². The lowest BCUT2D eigenvalue weighted by Crippen LogP contribution is -2.45. The average Bonchev–Trinajstić information content (AvgIpc) is 3.09. The number of piperidine rings is 1.